The molecule has 0 aliphatic rings. The fourth-order valence-electron chi connectivity index (χ4n) is 10.8. The lowest BCUT2D eigenvalue weighted by Gasteiger charge is -2.18. The van der Waals surface area contributed by atoms with Crippen LogP contribution in [0.4, 0.5) is 0 Å². The number of carbonyl (C=O) groups is 3. The van der Waals surface area contributed by atoms with E-state index in [9.17, 15) is 14.4 Å². The molecule has 0 saturated heterocycles. The normalized spacial score (nSPS) is 12.2. The predicted octanol–water partition coefficient (Wildman–Crippen LogP) is 24.3. The largest absolute Gasteiger partial charge is 0.462 e. The second-order valence-electron chi connectivity index (χ2n) is 24.1. The molecule has 464 valence electrons. The van der Waals surface area contributed by atoms with E-state index in [4.69, 9.17) is 14.2 Å². The maximum atomic E-state index is 12.9. The summed E-state index contributed by atoms with van der Waals surface area (Å²) in [5.74, 6) is -0.849. The Balaban J connectivity index is 4.15. The van der Waals surface area contributed by atoms with E-state index in [1.165, 1.54) is 283 Å². The van der Waals surface area contributed by atoms with Crippen molar-refractivity contribution >= 4 is 17.9 Å². The van der Waals surface area contributed by atoms with Gasteiger partial charge in [0.2, 0.25) is 0 Å². The zero-order chi connectivity index (χ0) is 57.1. The minimum absolute atomic E-state index is 0.0692. The minimum Gasteiger partial charge on any atom is -0.462 e. The van der Waals surface area contributed by atoms with E-state index in [0.717, 1.165) is 70.6 Å². The summed E-state index contributed by atoms with van der Waals surface area (Å²) in [6.07, 6.45) is 84.7. The molecule has 0 rings (SSSR count). The molecule has 0 aliphatic heterocycles. The van der Waals surface area contributed by atoms with Crippen molar-refractivity contribution in [2.45, 2.75) is 399 Å². The summed E-state index contributed by atoms with van der Waals surface area (Å²) < 4.78 is 17.0. The van der Waals surface area contributed by atoms with Gasteiger partial charge in [-0.1, -0.05) is 333 Å². The van der Waals surface area contributed by atoms with Gasteiger partial charge in [0.25, 0.3) is 0 Å². The zero-order valence-corrected chi connectivity index (χ0v) is 53.4. The molecule has 0 aromatic heterocycles. The van der Waals surface area contributed by atoms with Gasteiger partial charge in [0, 0.05) is 19.3 Å². The van der Waals surface area contributed by atoms with E-state index >= 15 is 0 Å². The van der Waals surface area contributed by atoms with E-state index in [1.807, 2.05) is 0 Å². The zero-order valence-electron chi connectivity index (χ0n) is 53.4. The molecular formula is C73H136O6. The van der Waals surface area contributed by atoms with Gasteiger partial charge < -0.3 is 14.2 Å². The Hall–Kier alpha value is -2.37. The van der Waals surface area contributed by atoms with Crippen LogP contribution < -0.4 is 0 Å². The lowest BCUT2D eigenvalue weighted by molar-refractivity contribution is -0.167. The summed E-state index contributed by atoms with van der Waals surface area (Å²) in [5, 5.41) is 0. The van der Waals surface area contributed by atoms with Crippen LogP contribution in [0.25, 0.3) is 0 Å². The Morgan fingerprint density at radius 2 is 0.456 bits per heavy atom. The van der Waals surface area contributed by atoms with Crippen LogP contribution in [0.1, 0.15) is 393 Å². The van der Waals surface area contributed by atoms with Crippen molar-refractivity contribution in [1.29, 1.82) is 0 Å². The van der Waals surface area contributed by atoms with Gasteiger partial charge in [-0.3, -0.25) is 14.4 Å². The number of rotatable bonds is 66. The maximum Gasteiger partial charge on any atom is 0.306 e. The third-order valence-corrected chi connectivity index (χ3v) is 16.1. The van der Waals surface area contributed by atoms with Gasteiger partial charge in [-0.25, -0.2) is 0 Å². The van der Waals surface area contributed by atoms with Gasteiger partial charge >= 0.3 is 17.9 Å². The molecule has 6 heteroatoms. The number of ether oxygens (including phenoxy) is 3. The lowest BCUT2D eigenvalue weighted by Crippen LogP contribution is -2.30. The average molecular weight is 1110 g/mol. The third kappa shape index (κ3) is 66.3. The number of carbonyl (C=O) groups excluding carboxylic acids is 3. The molecule has 1 atom stereocenters. The number of unbranched alkanes of at least 4 members (excludes halogenated alkanes) is 49. The lowest BCUT2D eigenvalue weighted by atomic mass is 10.0. The van der Waals surface area contributed by atoms with Crippen molar-refractivity contribution in [3.63, 3.8) is 0 Å². The molecule has 0 bridgehead atoms. The minimum atomic E-state index is -0.773. The van der Waals surface area contributed by atoms with Gasteiger partial charge in [0.05, 0.1) is 0 Å². The molecule has 0 saturated carbocycles. The van der Waals surface area contributed by atoms with E-state index < -0.39 is 6.10 Å². The molecule has 0 aromatic carbocycles. The van der Waals surface area contributed by atoms with E-state index in [2.05, 4.69) is 57.2 Å². The van der Waals surface area contributed by atoms with Crippen LogP contribution in [0.5, 0.6) is 0 Å². The van der Waals surface area contributed by atoms with E-state index in [-0.39, 0.29) is 31.1 Å². The highest BCUT2D eigenvalue weighted by Gasteiger charge is 2.19. The van der Waals surface area contributed by atoms with E-state index in [1.54, 1.807) is 0 Å². The molecule has 1 unspecified atom stereocenters. The Bertz CT molecular complexity index is 1320. The molecule has 0 fully saturated rings. The SMILES string of the molecule is CCCCCCC/C=C\C/C=C\CCCCCCCCCCCCCCCCCCCCCC(=O)OCC(COC(=O)CCCCCCCCCCCCCCCCC)OC(=O)CCCCCCC/C=C\CCCCCCCC. The van der Waals surface area contributed by atoms with Gasteiger partial charge in [0.1, 0.15) is 13.2 Å². The topological polar surface area (TPSA) is 78.9 Å². The van der Waals surface area contributed by atoms with Crippen molar-refractivity contribution in [2.75, 3.05) is 13.2 Å². The third-order valence-electron chi connectivity index (χ3n) is 16.1. The first-order chi connectivity index (χ1) is 39.0. The molecule has 0 amide bonds. The fourth-order valence-corrected chi connectivity index (χ4v) is 10.8. The molecule has 0 aliphatic carbocycles. The van der Waals surface area contributed by atoms with Crippen LogP contribution in [0, 0.1) is 0 Å². The number of allylic oxidation sites excluding steroid dienone is 6. The molecule has 0 N–H and O–H groups in total. The molecule has 0 aromatic rings. The second kappa shape index (κ2) is 68.1. The summed E-state index contributed by atoms with van der Waals surface area (Å²) in [6.45, 7) is 6.69. The Labute approximate surface area is 493 Å². The Morgan fingerprint density at radius 1 is 0.253 bits per heavy atom. The quantitative estimate of drug-likeness (QED) is 0.0261. The van der Waals surface area contributed by atoms with Crippen LogP contribution in [0.2, 0.25) is 0 Å². The highest BCUT2D eigenvalue weighted by atomic mass is 16.6. The highest BCUT2D eigenvalue weighted by Crippen LogP contribution is 2.18. The fraction of sp³-hybridized carbons (Fsp3) is 0.877. The van der Waals surface area contributed by atoms with E-state index in [0.29, 0.717) is 19.3 Å². The summed E-state index contributed by atoms with van der Waals surface area (Å²) in [5.41, 5.74) is 0. The monoisotopic (exact) mass is 1110 g/mol. The van der Waals surface area contributed by atoms with Crippen molar-refractivity contribution in [2.24, 2.45) is 0 Å². The first kappa shape index (κ1) is 76.6. The van der Waals surface area contributed by atoms with Gasteiger partial charge in [-0.15, -0.1) is 0 Å². The second-order valence-corrected chi connectivity index (χ2v) is 24.1. The summed E-state index contributed by atoms with van der Waals surface area (Å²) in [4.78, 5) is 38.4. The van der Waals surface area contributed by atoms with Crippen LogP contribution in [0.15, 0.2) is 36.5 Å². The predicted molar refractivity (Wildman–Crippen MR) is 344 cm³/mol. The van der Waals surface area contributed by atoms with Gasteiger partial charge in [-0.2, -0.15) is 0 Å². The first-order valence-electron chi connectivity index (χ1n) is 35.5. The molecule has 0 radical (unpaired) electrons. The smallest absolute Gasteiger partial charge is 0.306 e. The molecule has 6 nitrogen and oxygen atoms in total. The number of hydrogen-bond donors (Lipinski definition) is 0. The van der Waals surface area contributed by atoms with Crippen LogP contribution in [0.3, 0.4) is 0 Å². The summed E-state index contributed by atoms with van der Waals surface area (Å²) in [7, 11) is 0. The molecular weight excluding hydrogens is 973 g/mol. The highest BCUT2D eigenvalue weighted by molar-refractivity contribution is 5.71. The van der Waals surface area contributed by atoms with Crippen LogP contribution in [-0.2, 0) is 28.6 Å². The van der Waals surface area contributed by atoms with Crippen LogP contribution >= 0.6 is 0 Å². The van der Waals surface area contributed by atoms with Crippen molar-refractivity contribution < 1.29 is 28.6 Å². The summed E-state index contributed by atoms with van der Waals surface area (Å²) in [6, 6.07) is 0. The molecule has 0 heterocycles. The van der Waals surface area contributed by atoms with Crippen molar-refractivity contribution in [3.05, 3.63) is 36.5 Å². The molecule has 79 heavy (non-hydrogen) atoms. The van der Waals surface area contributed by atoms with Gasteiger partial charge in [0.15, 0.2) is 6.10 Å². The maximum absolute atomic E-state index is 12.9. The number of esters is 3. The Kier molecular flexibility index (Phi) is 66.1. The average Bonchev–Trinajstić information content (AvgIpc) is 3.45. The molecule has 0 spiro atoms. The first-order valence-corrected chi connectivity index (χ1v) is 35.5. The summed E-state index contributed by atoms with van der Waals surface area (Å²) >= 11 is 0. The van der Waals surface area contributed by atoms with Crippen LogP contribution in [-0.4, -0.2) is 37.2 Å². The number of hydrogen-bond acceptors (Lipinski definition) is 6. The van der Waals surface area contributed by atoms with Crippen molar-refractivity contribution in [1.82, 2.24) is 0 Å². The van der Waals surface area contributed by atoms with Crippen molar-refractivity contribution in [3.8, 4) is 0 Å². The standard InChI is InChI=1S/C73H136O6/c1-4-7-10-13-16-19-22-25-28-29-30-31-32-33-34-35-36-37-38-39-40-41-42-43-46-48-51-54-57-60-63-66-72(75)78-69-70(79-73(76)67-64-61-58-55-52-49-45-27-24-21-18-15-12-9-6-3)68-77-71(74)65-62-59-56-53-50-47-44-26-23-20-17-14-11-8-5-2/h22,25,27,29-30,45,70H,4-21,23-24,26,28,31-44,46-69H2,1-3H3/b25-22-,30-29-,45-27-. The Morgan fingerprint density at radius 3 is 0.709 bits per heavy atom. The van der Waals surface area contributed by atoms with Gasteiger partial charge in [-0.05, 0) is 77.0 Å².